The number of aryl methyl sites for hydroxylation is 3. The summed E-state index contributed by atoms with van der Waals surface area (Å²) in [5, 5.41) is -0.121. The standard InChI is InChI=1S/C26H18FNO4.C18H14BrFO2.C18H16FNO2.C18H15FO2.C12H10BrFO2.C12H11FO2/c1-2-19(28-25(30)16-11-6-7-12-17(16)26(28)31)24-21(15-9-4-3-5-10-15)23(29)22-18(27)13-8-14-20(22)32-24;1-2-12(19)18-15(11-7-4-3-5-8-11)17(21)16-13(20)9-6-10-14(16)22-18;1-2-13(20)18-15(11-7-4-3-5-8-11)17(21)16-12(19)9-6-10-14(16)22-18;1-2-7-14-16(12-8-4-3-5-9-12)18(20)17-13(19)10-6-11-15(17)21-14;1-2-4-9-11(13)12(15)10-7(14)5-3-6-8(10)16-9;1-2-4-8-7-10(14)12-9(13)5-3-6-11(12)15-8/h3-14,19H,2H2,1H3;3-10,12H,2H2,1H3;3-10,13H,2,20H2,1H3;3-6,8-11H,2,7H2,1H3;3,5-6H,2,4H2,1H3;3,5-7H,2,4H2,1H3. The number of halogens is 8. The first-order valence-electron chi connectivity index (χ1n) is 41.6. The van der Waals surface area contributed by atoms with E-state index in [0.29, 0.717) is 121 Å². The molecule has 3 unspecified atom stereocenters. The van der Waals surface area contributed by atoms with Crippen molar-refractivity contribution in [2.24, 2.45) is 5.73 Å². The van der Waals surface area contributed by atoms with Crippen molar-refractivity contribution < 1.29 is 62.4 Å². The van der Waals surface area contributed by atoms with Crippen LogP contribution in [0, 0.1) is 34.9 Å². The first kappa shape index (κ1) is 92.0. The van der Waals surface area contributed by atoms with Crippen molar-refractivity contribution in [1.82, 2.24) is 4.90 Å². The van der Waals surface area contributed by atoms with Gasteiger partial charge in [0.15, 0.2) is 5.43 Å². The largest absolute Gasteiger partial charge is 0.461 e. The second-order valence-electron chi connectivity index (χ2n) is 29.7. The Kier molecular flexibility index (Phi) is 29.9. The summed E-state index contributed by atoms with van der Waals surface area (Å²) in [6, 6.07) is 69.3. The molecule has 17 aromatic rings. The number of hydrogen-bond donors (Lipinski definition) is 1. The van der Waals surface area contributed by atoms with E-state index in [1.165, 1.54) is 72.8 Å². The van der Waals surface area contributed by atoms with Crippen LogP contribution in [0.1, 0.15) is 152 Å². The van der Waals surface area contributed by atoms with Crippen LogP contribution in [0.3, 0.4) is 0 Å². The number of rotatable bonds is 17. The first-order chi connectivity index (χ1) is 61.9. The Morgan fingerprint density at radius 3 is 1.02 bits per heavy atom. The zero-order valence-corrected chi connectivity index (χ0v) is 73.4. The third-order valence-electron chi connectivity index (χ3n) is 21.2. The Balaban J connectivity index is 0.000000134. The van der Waals surface area contributed by atoms with E-state index in [1.807, 2.05) is 113 Å². The molecule has 24 heteroatoms. The Morgan fingerprint density at radius 1 is 0.320 bits per heavy atom. The Bertz CT molecular complexity index is 7190. The molecule has 7 heterocycles. The highest BCUT2D eigenvalue weighted by molar-refractivity contribution is 9.10. The number of nitrogens with two attached hydrogens (primary N) is 1. The number of nitrogens with zero attached hydrogens (tertiary/aromatic N) is 1. The molecule has 0 saturated carbocycles. The Hall–Kier alpha value is -13.7. The topological polar surface area (TPSA) is 245 Å². The number of alkyl halides is 1. The van der Waals surface area contributed by atoms with Gasteiger partial charge in [0.05, 0.1) is 50.3 Å². The summed E-state index contributed by atoms with van der Waals surface area (Å²) in [7, 11) is 0. The third kappa shape index (κ3) is 19.3. The fraction of sp³-hybridized carbons (Fsp3) is 0.173. The fourth-order valence-electron chi connectivity index (χ4n) is 15.1. The molecule has 0 saturated heterocycles. The molecule has 0 aliphatic carbocycles. The SMILES string of the molecule is CCC(Br)c1oc2cccc(F)c2c(=O)c1-c1ccccc1.CCC(N)c1oc2cccc(F)c2c(=O)c1-c1ccccc1.CCC(c1oc2cccc(F)c2c(=O)c1-c1ccccc1)N1C(=O)c2ccccc2C1=O.CCCc1cc(=O)c2c(F)cccc2o1.CCCc1oc2cccc(F)c2c(=O)c1-c1ccccc1.CCCc1oc2cccc(F)c2c(=O)c1Br. The number of amides is 2. The summed E-state index contributed by atoms with van der Waals surface area (Å²) in [5.74, 6) is -1.42. The molecule has 18 rings (SSSR count). The molecule has 1 aliphatic rings. The first-order valence-corrected chi connectivity index (χ1v) is 43.3. The lowest BCUT2D eigenvalue weighted by atomic mass is 9.96. The molecule has 11 aromatic carbocycles. The lowest BCUT2D eigenvalue weighted by Gasteiger charge is -2.26. The molecule has 1 aliphatic heterocycles. The van der Waals surface area contributed by atoms with Gasteiger partial charge >= 0.3 is 0 Å². The molecule has 3 atom stereocenters. The summed E-state index contributed by atoms with van der Waals surface area (Å²) in [6.07, 6.45) is 6.29. The van der Waals surface area contributed by atoms with Crippen LogP contribution >= 0.6 is 31.9 Å². The Morgan fingerprint density at radius 2 is 0.633 bits per heavy atom. The van der Waals surface area contributed by atoms with E-state index in [0.717, 1.165) is 41.7 Å². The van der Waals surface area contributed by atoms with Gasteiger partial charge in [0.1, 0.15) is 140 Å². The number of fused-ring (bicyclic) bond motifs is 7. The van der Waals surface area contributed by atoms with Gasteiger partial charge in [-0.1, -0.05) is 227 Å². The molecule has 6 aromatic heterocycles. The second-order valence-corrected chi connectivity index (χ2v) is 31.6. The molecule has 0 radical (unpaired) electrons. The van der Waals surface area contributed by atoms with Crippen LogP contribution in [-0.2, 0) is 19.3 Å². The van der Waals surface area contributed by atoms with Gasteiger partial charge in [-0.15, -0.1) is 0 Å². The van der Waals surface area contributed by atoms with Gasteiger partial charge in [0.25, 0.3) is 11.8 Å². The molecule has 650 valence electrons. The average molecular weight is 1860 g/mol. The summed E-state index contributed by atoms with van der Waals surface area (Å²) in [6.45, 7) is 11.7. The highest BCUT2D eigenvalue weighted by Gasteiger charge is 2.42. The molecule has 0 spiro atoms. The highest BCUT2D eigenvalue weighted by atomic mass is 79.9. The van der Waals surface area contributed by atoms with Gasteiger partial charge in [0.2, 0.25) is 27.1 Å². The summed E-state index contributed by atoms with van der Waals surface area (Å²) >= 11 is 6.71. The van der Waals surface area contributed by atoms with Crippen molar-refractivity contribution >= 4 is 109 Å². The maximum Gasteiger partial charge on any atom is 0.262 e. The minimum Gasteiger partial charge on any atom is -0.461 e. The quantitative estimate of drug-likeness (QED) is 0.0506. The molecule has 0 fully saturated rings. The second kappa shape index (κ2) is 41.6. The van der Waals surface area contributed by atoms with Crippen LogP contribution in [0.5, 0.6) is 0 Å². The predicted molar refractivity (Wildman–Crippen MR) is 495 cm³/mol. The summed E-state index contributed by atoms with van der Waals surface area (Å²) in [4.78, 5) is 103. The molecule has 2 N–H and O–H groups in total. The van der Waals surface area contributed by atoms with Crippen molar-refractivity contribution in [3.63, 3.8) is 0 Å². The van der Waals surface area contributed by atoms with Crippen LogP contribution in [0.15, 0.2) is 321 Å². The van der Waals surface area contributed by atoms with Crippen LogP contribution in [0.2, 0.25) is 0 Å². The normalized spacial score (nSPS) is 12.3. The van der Waals surface area contributed by atoms with Crippen LogP contribution in [-0.4, -0.2) is 16.7 Å². The van der Waals surface area contributed by atoms with Gasteiger partial charge in [-0.25, -0.2) is 26.3 Å². The molecular weight excluding hydrogens is 1770 g/mol. The predicted octanol–water partition coefficient (Wildman–Crippen LogP) is 25.9. The number of carbonyl (C=O) groups is 2. The minimum absolute atomic E-state index is 0.000839. The molecule has 16 nitrogen and oxygen atoms in total. The van der Waals surface area contributed by atoms with E-state index >= 15 is 0 Å². The molecule has 0 bridgehead atoms. The van der Waals surface area contributed by atoms with Crippen molar-refractivity contribution in [3.05, 3.63) is 407 Å². The van der Waals surface area contributed by atoms with Crippen LogP contribution in [0.4, 0.5) is 26.3 Å². The monoisotopic (exact) mass is 1860 g/mol. The lowest BCUT2D eigenvalue weighted by molar-refractivity contribution is 0.0559. The number of imide groups is 1. The molecule has 128 heavy (non-hydrogen) atoms. The van der Waals surface area contributed by atoms with Gasteiger partial charge in [-0.2, -0.15) is 0 Å². The van der Waals surface area contributed by atoms with E-state index in [1.54, 1.807) is 116 Å². The average Bonchev–Trinajstić information content (AvgIpc) is 1.54. The summed E-state index contributed by atoms with van der Waals surface area (Å²) in [5.41, 5.74) is 10.1. The maximum atomic E-state index is 14.6. The van der Waals surface area contributed by atoms with E-state index in [-0.39, 0.29) is 92.4 Å². The number of hydrogen-bond acceptors (Lipinski definition) is 15. The van der Waals surface area contributed by atoms with Crippen molar-refractivity contribution in [2.75, 3.05) is 0 Å². The van der Waals surface area contributed by atoms with Crippen molar-refractivity contribution in [2.45, 2.75) is 116 Å². The van der Waals surface area contributed by atoms with Gasteiger partial charge < -0.3 is 32.2 Å². The van der Waals surface area contributed by atoms with E-state index < -0.39 is 64.2 Å². The van der Waals surface area contributed by atoms with Gasteiger partial charge in [0, 0.05) is 25.3 Å². The van der Waals surface area contributed by atoms with E-state index in [9.17, 15) is 64.7 Å². The fourth-order valence-corrected chi connectivity index (χ4v) is 15.9. The molecular formula is C104H84Br2F6N2O14. The van der Waals surface area contributed by atoms with Crippen LogP contribution in [0.25, 0.3) is 110 Å². The van der Waals surface area contributed by atoms with E-state index in [4.69, 9.17) is 32.2 Å². The smallest absolute Gasteiger partial charge is 0.262 e. The number of carbonyl (C=O) groups excluding carboxylic acids is 2. The molecule has 2 amide bonds. The maximum absolute atomic E-state index is 14.6. The Labute approximate surface area is 745 Å². The van der Waals surface area contributed by atoms with Crippen molar-refractivity contribution in [3.8, 4) is 44.5 Å². The van der Waals surface area contributed by atoms with Gasteiger partial charge in [-0.05, 0) is 162 Å². The van der Waals surface area contributed by atoms with Crippen molar-refractivity contribution in [1.29, 1.82) is 0 Å². The van der Waals surface area contributed by atoms with E-state index in [2.05, 4.69) is 31.9 Å². The minimum atomic E-state index is -0.835. The zero-order valence-electron chi connectivity index (χ0n) is 70.2. The zero-order chi connectivity index (χ0) is 91.1. The van der Waals surface area contributed by atoms with Gasteiger partial charge in [-0.3, -0.25) is 43.3 Å². The number of benzene rings is 11. The van der Waals surface area contributed by atoms with Crippen LogP contribution < -0.4 is 38.3 Å². The highest BCUT2D eigenvalue weighted by Crippen LogP contribution is 2.41. The summed E-state index contributed by atoms with van der Waals surface area (Å²) < 4.78 is 118. The third-order valence-corrected chi connectivity index (χ3v) is 23.1. The lowest BCUT2D eigenvalue weighted by Crippen LogP contribution is -2.34.